The number of nitrogens with zero attached hydrogens (tertiary/aromatic N) is 6. The summed E-state index contributed by atoms with van der Waals surface area (Å²) < 4.78 is 22.3. The molecule has 0 unspecified atom stereocenters. The lowest BCUT2D eigenvalue weighted by Gasteiger charge is -2.49. The standard InChI is InChI=1S/C34H35FN6O4/c1-8-26(42)39-17-24-33(43)38(6)31-30(40(24)16-20(39)5)21-12-13-23(27-22(35)10-9-11-25(27)45-7)37-32(21)41(34(31)44)29-19(4)14-15-36-28(29)18(2)3/h8-15,18,20,24H,1,16-17H2,2-7H3/t20-,24-/m1/s1. The molecular formula is C34H35FN6O4. The number of ether oxygens (including phenoxy) is 1. The molecule has 1 fully saturated rings. The number of rotatable bonds is 5. The fourth-order valence-corrected chi connectivity index (χ4v) is 6.57. The van der Waals surface area contributed by atoms with E-state index in [0.717, 1.165) is 5.56 Å². The molecule has 232 valence electrons. The third-order valence-electron chi connectivity index (χ3n) is 8.78. The van der Waals surface area contributed by atoms with Gasteiger partial charge in [-0.1, -0.05) is 26.5 Å². The van der Waals surface area contributed by atoms with Crippen LogP contribution in [0.4, 0.5) is 15.8 Å². The Morgan fingerprint density at radius 3 is 2.56 bits per heavy atom. The van der Waals surface area contributed by atoms with Crippen molar-refractivity contribution in [3.05, 3.63) is 82.7 Å². The van der Waals surface area contributed by atoms with Gasteiger partial charge in [-0.25, -0.2) is 9.37 Å². The number of hydrogen-bond acceptors (Lipinski definition) is 7. The minimum Gasteiger partial charge on any atom is -0.496 e. The predicted octanol–water partition coefficient (Wildman–Crippen LogP) is 4.60. The highest BCUT2D eigenvalue weighted by atomic mass is 19.1. The van der Waals surface area contributed by atoms with Gasteiger partial charge in [-0.3, -0.25) is 23.9 Å². The van der Waals surface area contributed by atoms with Gasteiger partial charge in [0.1, 0.15) is 28.9 Å². The lowest BCUT2D eigenvalue weighted by Crippen LogP contribution is -2.66. The van der Waals surface area contributed by atoms with Crippen LogP contribution in [0.1, 0.15) is 37.9 Å². The number of piperazine rings is 1. The molecule has 0 aliphatic carbocycles. The monoisotopic (exact) mass is 610 g/mol. The van der Waals surface area contributed by atoms with Gasteiger partial charge in [0.05, 0.1) is 42.0 Å². The summed E-state index contributed by atoms with van der Waals surface area (Å²) in [5.74, 6) is -0.825. The van der Waals surface area contributed by atoms with Crippen molar-refractivity contribution in [1.29, 1.82) is 0 Å². The Bertz CT molecular complexity index is 1950. The summed E-state index contributed by atoms with van der Waals surface area (Å²) in [6.45, 7) is 11.8. The Hall–Kier alpha value is -5.06. The van der Waals surface area contributed by atoms with Crippen LogP contribution in [0.2, 0.25) is 0 Å². The SMILES string of the molecule is C=CC(=O)N1C[C@@H]2C(=O)N(C)c3c(c4ccc(-c5c(F)cccc5OC)nc4n(-c4c(C)ccnc4C(C)C)c3=O)N2C[C@H]1C. The van der Waals surface area contributed by atoms with Crippen LogP contribution in [0.25, 0.3) is 28.0 Å². The number of carbonyl (C=O) groups excluding carboxylic acids is 2. The van der Waals surface area contributed by atoms with Crippen LogP contribution in [0.3, 0.4) is 0 Å². The normalized spacial score (nSPS) is 17.9. The number of likely N-dealkylation sites (N-methyl/N-ethyl adjacent to an activating group) is 1. The molecule has 5 heterocycles. The first-order chi connectivity index (χ1) is 21.5. The van der Waals surface area contributed by atoms with Gasteiger partial charge in [0.25, 0.3) is 11.5 Å². The van der Waals surface area contributed by atoms with Crippen molar-refractivity contribution in [3.63, 3.8) is 0 Å². The number of anilines is 2. The topological polar surface area (TPSA) is 101 Å². The number of pyridine rings is 3. The van der Waals surface area contributed by atoms with Gasteiger partial charge in [0.2, 0.25) is 5.91 Å². The number of halogens is 1. The molecule has 0 N–H and O–H groups in total. The van der Waals surface area contributed by atoms with Crippen LogP contribution in [0, 0.1) is 12.7 Å². The van der Waals surface area contributed by atoms with Crippen molar-refractivity contribution in [3.8, 4) is 22.7 Å². The molecule has 4 aromatic rings. The minimum absolute atomic E-state index is 0.0483. The van der Waals surface area contributed by atoms with Crippen molar-refractivity contribution >= 4 is 34.2 Å². The van der Waals surface area contributed by atoms with Crippen molar-refractivity contribution in [1.82, 2.24) is 19.4 Å². The lowest BCUT2D eigenvalue weighted by molar-refractivity contribution is -0.130. The third kappa shape index (κ3) is 4.56. The van der Waals surface area contributed by atoms with Crippen LogP contribution in [-0.2, 0) is 9.59 Å². The number of benzene rings is 1. The molecule has 0 radical (unpaired) electrons. The second kappa shape index (κ2) is 11.1. The highest BCUT2D eigenvalue weighted by molar-refractivity contribution is 6.12. The van der Waals surface area contributed by atoms with E-state index in [4.69, 9.17) is 9.72 Å². The molecular weight excluding hydrogens is 575 g/mol. The zero-order valence-electron chi connectivity index (χ0n) is 26.2. The van der Waals surface area contributed by atoms with Gasteiger partial charge in [-0.15, -0.1) is 0 Å². The molecule has 10 nitrogen and oxygen atoms in total. The molecule has 2 aliphatic rings. The lowest BCUT2D eigenvalue weighted by atomic mass is 9.98. The maximum atomic E-state index is 15.3. The van der Waals surface area contributed by atoms with Gasteiger partial charge >= 0.3 is 0 Å². The van der Waals surface area contributed by atoms with E-state index >= 15 is 4.39 Å². The Kier molecular flexibility index (Phi) is 7.42. The quantitative estimate of drug-likeness (QED) is 0.305. The van der Waals surface area contributed by atoms with E-state index in [-0.39, 0.29) is 47.3 Å². The van der Waals surface area contributed by atoms with Crippen molar-refractivity contribution < 1.29 is 18.7 Å². The number of amides is 2. The van der Waals surface area contributed by atoms with E-state index in [1.807, 2.05) is 44.7 Å². The van der Waals surface area contributed by atoms with Gasteiger partial charge in [-0.2, -0.15) is 0 Å². The molecule has 0 spiro atoms. The molecule has 2 amide bonds. The summed E-state index contributed by atoms with van der Waals surface area (Å²) in [6.07, 6.45) is 2.95. The highest BCUT2D eigenvalue weighted by Gasteiger charge is 2.46. The average molecular weight is 611 g/mol. The van der Waals surface area contributed by atoms with Crippen LogP contribution >= 0.6 is 0 Å². The number of aryl methyl sites for hydroxylation is 1. The maximum Gasteiger partial charge on any atom is 0.283 e. The Morgan fingerprint density at radius 1 is 1.11 bits per heavy atom. The zero-order valence-corrected chi connectivity index (χ0v) is 26.2. The fraction of sp³-hybridized carbons (Fsp3) is 0.324. The third-order valence-corrected chi connectivity index (χ3v) is 8.78. The molecule has 11 heteroatoms. The smallest absolute Gasteiger partial charge is 0.283 e. The van der Waals surface area contributed by atoms with E-state index in [1.165, 1.54) is 28.7 Å². The number of aromatic nitrogens is 3. The predicted molar refractivity (Wildman–Crippen MR) is 172 cm³/mol. The van der Waals surface area contributed by atoms with Crippen LogP contribution < -0.4 is 20.1 Å². The van der Waals surface area contributed by atoms with Crippen molar-refractivity contribution in [2.75, 3.05) is 37.0 Å². The van der Waals surface area contributed by atoms with E-state index in [1.54, 1.807) is 36.3 Å². The maximum absolute atomic E-state index is 15.3. The molecule has 1 aromatic carbocycles. The number of hydrogen-bond donors (Lipinski definition) is 0. The van der Waals surface area contributed by atoms with Crippen molar-refractivity contribution in [2.45, 2.75) is 45.7 Å². The largest absolute Gasteiger partial charge is 0.496 e. The van der Waals surface area contributed by atoms with Gasteiger partial charge in [0, 0.05) is 31.2 Å². The second-order valence-corrected chi connectivity index (χ2v) is 11.8. The van der Waals surface area contributed by atoms with E-state index in [0.29, 0.717) is 40.4 Å². The summed E-state index contributed by atoms with van der Waals surface area (Å²) >= 11 is 0. The second-order valence-electron chi connectivity index (χ2n) is 11.8. The number of carbonyl (C=O) groups is 2. The van der Waals surface area contributed by atoms with Gasteiger partial charge in [0.15, 0.2) is 0 Å². The molecule has 0 bridgehead atoms. The first-order valence-electron chi connectivity index (χ1n) is 14.9. The van der Waals surface area contributed by atoms with Crippen LogP contribution in [0.5, 0.6) is 5.75 Å². The molecule has 45 heavy (non-hydrogen) atoms. The molecule has 3 aromatic heterocycles. The van der Waals surface area contributed by atoms with Gasteiger partial charge < -0.3 is 19.4 Å². The Balaban J connectivity index is 1.73. The van der Waals surface area contributed by atoms with Crippen molar-refractivity contribution in [2.24, 2.45) is 0 Å². The summed E-state index contributed by atoms with van der Waals surface area (Å²) in [5, 5.41) is 0.599. The van der Waals surface area contributed by atoms with Crippen LogP contribution in [-0.4, -0.2) is 70.6 Å². The molecule has 1 saturated heterocycles. The molecule has 0 saturated carbocycles. The fourth-order valence-electron chi connectivity index (χ4n) is 6.57. The summed E-state index contributed by atoms with van der Waals surface area (Å²) in [4.78, 5) is 55.9. The minimum atomic E-state index is -0.723. The number of fused-ring (bicyclic) bond motifs is 5. The zero-order chi connectivity index (χ0) is 32.3. The summed E-state index contributed by atoms with van der Waals surface area (Å²) in [7, 11) is 3.05. The van der Waals surface area contributed by atoms with E-state index < -0.39 is 17.4 Å². The molecule has 2 aliphatic heterocycles. The molecule has 2 atom stereocenters. The highest BCUT2D eigenvalue weighted by Crippen LogP contribution is 2.43. The Labute approximate surface area is 260 Å². The average Bonchev–Trinajstić information content (AvgIpc) is 3.02. The number of methoxy groups -OCH3 is 1. The van der Waals surface area contributed by atoms with Crippen LogP contribution in [0.15, 0.2) is 60.0 Å². The first-order valence-corrected chi connectivity index (χ1v) is 14.9. The van der Waals surface area contributed by atoms with Gasteiger partial charge in [-0.05, 0) is 61.7 Å². The van der Waals surface area contributed by atoms with E-state index in [2.05, 4.69) is 11.6 Å². The van der Waals surface area contributed by atoms with E-state index in [9.17, 15) is 14.4 Å². The first kappa shape index (κ1) is 30.0. The summed E-state index contributed by atoms with van der Waals surface area (Å²) in [6, 6.07) is 8.89. The summed E-state index contributed by atoms with van der Waals surface area (Å²) in [5.41, 5.74) is 3.07. The molecule has 6 rings (SSSR count). The Morgan fingerprint density at radius 2 is 1.87 bits per heavy atom.